The van der Waals surface area contributed by atoms with E-state index < -0.39 is 0 Å². The van der Waals surface area contributed by atoms with E-state index >= 15 is 0 Å². The first-order valence-corrected chi connectivity index (χ1v) is 6.39. The highest BCUT2D eigenvalue weighted by Gasteiger charge is 2.06. The fourth-order valence-electron chi connectivity index (χ4n) is 1.44. The number of pyridine rings is 1. The maximum atomic E-state index is 6.08. The molecule has 0 unspecified atom stereocenters. The molecule has 0 atom stereocenters. The topological polar surface area (TPSA) is 77.0 Å². The Morgan fingerprint density at radius 3 is 2.67 bits per heavy atom. The first kappa shape index (κ1) is 13.0. The van der Waals surface area contributed by atoms with Crippen molar-refractivity contribution < 1.29 is 0 Å². The number of aryl methyl sites for hydroxylation is 1. The standard InChI is InChI=1S/C12H12BrClN4/c1-6-4-7(13)10(5-8(6)14)17-11-3-2-9(15)12(16)18-11/h2-5H,15H2,1H3,(H3,16,17,18). The van der Waals surface area contributed by atoms with Crippen LogP contribution in [0.3, 0.4) is 0 Å². The number of nitrogens with zero attached hydrogens (tertiary/aromatic N) is 1. The van der Waals surface area contributed by atoms with E-state index in [-0.39, 0.29) is 0 Å². The third kappa shape index (κ3) is 2.68. The first-order chi connectivity index (χ1) is 8.47. The predicted octanol–water partition coefficient (Wildman–Crippen LogP) is 3.71. The fraction of sp³-hybridized carbons (Fsp3) is 0.0833. The molecule has 0 aliphatic heterocycles. The van der Waals surface area contributed by atoms with Crippen LogP contribution in [-0.4, -0.2) is 4.98 Å². The Labute approximate surface area is 118 Å². The second-order valence-corrected chi connectivity index (χ2v) is 5.14. The van der Waals surface area contributed by atoms with Crippen molar-refractivity contribution in [2.45, 2.75) is 6.92 Å². The van der Waals surface area contributed by atoms with Gasteiger partial charge in [-0.05, 0) is 52.7 Å². The Kier molecular flexibility index (Phi) is 3.63. The van der Waals surface area contributed by atoms with E-state index in [4.69, 9.17) is 23.1 Å². The summed E-state index contributed by atoms with van der Waals surface area (Å²) in [6.45, 7) is 1.94. The van der Waals surface area contributed by atoms with E-state index in [0.29, 0.717) is 22.3 Å². The van der Waals surface area contributed by atoms with E-state index in [0.717, 1.165) is 15.7 Å². The molecule has 0 amide bonds. The van der Waals surface area contributed by atoms with Crippen LogP contribution < -0.4 is 16.8 Å². The number of aromatic nitrogens is 1. The monoisotopic (exact) mass is 326 g/mol. The number of hydrogen-bond acceptors (Lipinski definition) is 4. The highest BCUT2D eigenvalue weighted by molar-refractivity contribution is 9.10. The van der Waals surface area contributed by atoms with Gasteiger partial charge in [-0.2, -0.15) is 0 Å². The van der Waals surface area contributed by atoms with Gasteiger partial charge >= 0.3 is 0 Å². The Morgan fingerprint density at radius 1 is 1.28 bits per heavy atom. The van der Waals surface area contributed by atoms with Gasteiger partial charge in [0.2, 0.25) is 0 Å². The molecule has 0 aliphatic rings. The molecule has 0 saturated carbocycles. The largest absolute Gasteiger partial charge is 0.396 e. The van der Waals surface area contributed by atoms with Crippen molar-refractivity contribution in [3.05, 3.63) is 39.3 Å². The van der Waals surface area contributed by atoms with Gasteiger partial charge < -0.3 is 16.8 Å². The van der Waals surface area contributed by atoms with Crippen LogP contribution in [0.2, 0.25) is 5.02 Å². The maximum absolute atomic E-state index is 6.08. The quantitative estimate of drug-likeness (QED) is 0.785. The molecular formula is C12H12BrClN4. The summed E-state index contributed by atoms with van der Waals surface area (Å²) >= 11 is 9.55. The zero-order valence-electron chi connectivity index (χ0n) is 9.67. The molecular weight excluding hydrogens is 316 g/mol. The molecule has 0 radical (unpaired) electrons. The van der Waals surface area contributed by atoms with E-state index in [1.54, 1.807) is 12.1 Å². The molecule has 0 bridgehead atoms. The van der Waals surface area contributed by atoms with Crippen LogP contribution in [-0.2, 0) is 0 Å². The van der Waals surface area contributed by atoms with Gasteiger partial charge in [-0.15, -0.1) is 0 Å². The minimum absolute atomic E-state index is 0.300. The second kappa shape index (κ2) is 5.04. The summed E-state index contributed by atoms with van der Waals surface area (Å²) < 4.78 is 0.904. The third-order valence-electron chi connectivity index (χ3n) is 2.47. The molecule has 1 heterocycles. The zero-order valence-corrected chi connectivity index (χ0v) is 12.0. The summed E-state index contributed by atoms with van der Waals surface area (Å²) in [6, 6.07) is 7.22. The summed E-state index contributed by atoms with van der Waals surface area (Å²) in [5.41, 5.74) is 13.5. The van der Waals surface area contributed by atoms with Gasteiger partial charge in [0.05, 0.1) is 11.4 Å². The molecule has 1 aromatic heterocycles. The lowest BCUT2D eigenvalue weighted by molar-refractivity contribution is 1.31. The van der Waals surface area contributed by atoms with Crippen LogP contribution in [0.1, 0.15) is 5.56 Å². The van der Waals surface area contributed by atoms with Crippen LogP contribution in [0.4, 0.5) is 23.0 Å². The second-order valence-electron chi connectivity index (χ2n) is 3.88. The normalized spacial score (nSPS) is 10.4. The van der Waals surface area contributed by atoms with Crippen molar-refractivity contribution in [3.63, 3.8) is 0 Å². The molecule has 2 rings (SSSR count). The van der Waals surface area contributed by atoms with Gasteiger partial charge in [-0.3, -0.25) is 0 Å². The summed E-state index contributed by atoms with van der Waals surface area (Å²) in [5, 5.41) is 3.81. The minimum atomic E-state index is 0.300. The van der Waals surface area contributed by atoms with Gasteiger partial charge in [0.1, 0.15) is 11.6 Å². The summed E-state index contributed by atoms with van der Waals surface area (Å²) in [7, 11) is 0. The molecule has 0 aliphatic carbocycles. The molecule has 6 heteroatoms. The zero-order chi connectivity index (χ0) is 13.3. The van der Waals surface area contributed by atoms with Crippen LogP contribution >= 0.6 is 27.5 Å². The molecule has 4 nitrogen and oxygen atoms in total. The van der Waals surface area contributed by atoms with Crippen LogP contribution in [0.15, 0.2) is 28.7 Å². The van der Waals surface area contributed by atoms with Crippen LogP contribution in [0.5, 0.6) is 0 Å². The van der Waals surface area contributed by atoms with Crippen LogP contribution in [0.25, 0.3) is 0 Å². The number of nitrogens with two attached hydrogens (primary N) is 2. The first-order valence-electron chi connectivity index (χ1n) is 5.22. The lowest BCUT2D eigenvalue weighted by Crippen LogP contribution is -2.01. The van der Waals surface area contributed by atoms with Crippen LogP contribution in [0, 0.1) is 6.92 Å². The van der Waals surface area contributed by atoms with Crippen molar-refractivity contribution in [3.8, 4) is 0 Å². The number of halogens is 2. The Hall–Kier alpha value is -1.46. The van der Waals surface area contributed by atoms with Crippen molar-refractivity contribution in [1.82, 2.24) is 4.98 Å². The van der Waals surface area contributed by atoms with Gasteiger partial charge in [-0.1, -0.05) is 11.6 Å². The Morgan fingerprint density at radius 2 is 2.00 bits per heavy atom. The van der Waals surface area contributed by atoms with Crippen molar-refractivity contribution in [2.24, 2.45) is 0 Å². The minimum Gasteiger partial charge on any atom is -0.396 e. The smallest absolute Gasteiger partial charge is 0.149 e. The molecule has 94 valence electrons. The number of hydrogen-bond donors (Lipinski definition) is 3. The number of anilines is 4. The lowest BCUT2D eigenvalue weighted by atomic mass is 10.2. The van der Waals surface area contributed by atoms with Gasteiger partial charge in [0, 0.05) is 9.50 Å². The molecule has 0 saturated heterocycles. The summed E-state index contributed by atoms with van der Waals surface area (Å²) in [6.07, 6.45) is 0. The summed E-state index contributed by atoms with van der Waals surface area (Å²) in [5.74, 6) is 0.914. The third-order valence-corrected chi connectivity index (χ3v) is 3.53. The molecule has 5 N–H and O–H groups in total. The predicted molar refractivity (Wildman–Crippen MR) is 80.2 cm³/mol. The maximum Gasteiger partial charge on any atom is 0.149 e. The van der Waals surface area contributed by atoms with E-state index in [9.17, 15) is 0 Å². The Balaban J connectivity index is 2.34. The van der Waals surface area contributed by atoms with E-state index in [1.807, 2.05) is 19.1 Å². The average Bonchev–Trinajstić information content (AvgIpc) is 2.31. The Bertz CT molecular complexity index is 601. The molecule has 1 aromatic carbocycles. The fourth-order valence-corrected chi connectivity index (χ4v) is 2.16. The molecule has 0 spiro atoms. The van der Waals surface area contributed by atoms with Gasteiger partial charge in [0.25, 0.3) is 0 Å². The van der Waals surface area contributed by atoms with Gasteiger partial charge in [0.15, 0.2) is 0 Å². The number of rotatable bonds is 2. The van der Waals surface area contributed by atoms with E-state index in [1.165, 1.54) is 0 Å². The summed E-state index contributed by atoms with van der Waals surface area (Å²) in [4.78, 5) is 4.14. The lowest BCUT2D eigenvalue weighted by Gasteiger charge is -2.11. The number of benzene rings is 1. The SMILES string of the molecule is Cc1cc(Br)c(Nc2ccc(N)c(N)n2)cc1Cl. The number of nitrogen functional groups attached to an aromatic ring is 2. The van der Waals surface area contributed by atoms with E-state index in [2.05, 4.69) is 26.2 Å². The average molecular weight is 328 g/mol. The number of nitrogens with one attached hydrogen (secondary N) is 1. The van der Waals surface area contributed by atoms with Crippen molar-refractivity contribution >= 4 is 50.5 Å². The highest BCUT2D eigenvalue weighted by Crippen LogP contribution is 2.31. The molecule has 0 fully saturated rings. The van der Waals surface area contributed by atoms with Crippen molar-refractivity contribution in [2.75, 3.05) is 16.8 Å². The van der Waals surface area contributed by atoms with Crippen molar-refractivity contribution in [1.29, 1.82) is 0 Å². The molecule has 18 heavy (non-hydrogen) atoms. The molecule has 2 aromatic rings. The van der Waals surface area contributed by atoms with Gasteiger partial charge in [-0.25, -0.2) is 4.98 Å². The highest BCUT2D eigenvalue weighted by atomic mass is 79.9.